The van der Waals surface area contributed by atoms with Crippen LogP contribution in [0.25, 0.3) is 5.69 Å². The highest BCUT2D eigenvalue weighted by atomic mass is 19.1. The molecule has 7 nitrogen and oxygen atoms in total. The van der Waals surface area contributed by atoms with Crippen LogP contribution in [0.1, 0.15) is 30.3 Å². The number of pyridine rings is 1. The van der Waals surface area contributed by atoms with Crippen molar-refractivity contribution in [3.63, 3.8) is 0 Å². The summed E-state index contributed by atoms with van der Waals surface area (Å²) in [5, 5.41) is 11.5. The van der Waals surface area contributed by atoms with Crippen molar-refractivity contribution in [2.75, 3.05) is 24.5 Å². The van der Waals surface area contributed by atoms with Crippen LogP contribution in [0, 0.1) is 19.7 Å². The van der Waals surface area contributed by atoms with Gasteiger partial charge in [-0.05, 0) is 51.5 Å². The minimum atomic E-state index is -0.282. The first-order valence-electron chi connectivity index (χ1n) is 11.1. The number of aromatic nitrogens is 3. The van der Waals surface area contributed by atoms with Gasteiger partial charge < -0.3 is 15.5 Å². The molecule has 0 spiro atoms. The van der Waals surface area contributed by atoms with E-state index in [9.17, 15) is 4.39 Å². The van der Waals surface area contributed by atoms with Crippen LogP contribution in [0.3, 0.4) is 0 Å². The lowest BCUT2D eigenvalue weighted by Crippen LogP contribution is -2.44. The van der Waals surface area contributed by atoms with Gasteiger partial charge in [0.25, 0.3) is 0 Å². The van der Waals surface area contributed by atoms with Gasteiger partial charge in [0.1, 0.15) is 0 Å². The van der Waals surface area contributed by atoms with Crippen LogP contribution >= 0.6 is 0 Å². The lowest BCUT2D eigenvalue weighted by Gasteiger charge is -2.20. The Morgan fingerprint density at radius 2 is 2.00 bits per heavy atom. The predicted molar refractivity (Wildman–Crippen MR) is 126 cm³/mol. The van der Waals surface area contributed by atoms with Crippen LogP contribution in [0.2, 0.25) is 0 Å². The molecule has 2 N–H and O–H groups in total. The molecule has 3 aromatic rings. The summed E-state index contributed by atoms with van der Waals surface area (Å²) in [5.41, 5.74) is 4.23. The van der Waals surface area contributed by atoms with E-state index in [4.69, 9.17) is 10.1 Å². The summed E-state index contributed by atoms with van der Waals surface area (Å²) in [5.74, 6) is 0.889. The Hall–Kier alpha value is -3.42. The predicted octanol–water partition coefficient (Wildman–Crippen LogP) is 3.36. The fourth-order valence-corrected chi connectivity index (χ4v) is 4.08. The number of para-hydroxylation sites is 1. The Morgan fingerprint density at radius 1 is 1.19 bits per heavy atom. The van der Waals surface area contributed by atoms with E-state index in [1.807, 2.05) is 53.8 Å². The van der Waals surface area contributed by atoms with Crippen molar-refractivity contribution in [3.05, 3.63) is 71.4 Å². The summed E-state index contributed by atoms with van der Waals surface area (Å²) in [6, 6.07) is 13.4. The number of guanidine groups is 1. The van der Waals surface area contributed by atoms with Gasteiger partial charge >= 0.3 is 0 Å². The van der Waals surface area contributed by atoms with Crippen molar-refractivity contribution < 1.29 is 4.39 Å². The second-order valence-corrected chi connectivity index (χ2v) is 7.98. The molecule has 0 amide bonds. The van der Waals surface area contributed by atoms with Gasteiger partial charge in [-0.2, -0.15) is 5.10 Å². The molecule has 8 heteroatoms. The largest absolute Gasteiger partial charge is 0.357 e. The molecule has 0 saturated carbocycles. The topological polar surface area (TPSA) is 70.4 Å². The molecule has 1 aliphatic heterocycles. The molecule has 2 aromatic heterocycles. The van der Waals surface area contributed by atoms with Crippen LogP contribution in [-0.4, -0.2) is 46.4 Å². The van der Waals surface area contributed by atoms with Gasteiger partial charge in [-0.25, -0.2) is 19.0 Å². The first-order valence-corrected chi connectivity index (χ1v) is 11.1. The number of aryl methyl sites for hydroxylation is 1. The third kappa shape index (κ3) is 4.74. The molecule has 32 heavy (non-hydrogen) atoms. The third-order valence-corrected chi connectivity index (χ3v) is 5.75. The van der Waals surface area contributed by atoms with Gasteiger partial charge in [0, 0.05) is 43.1 Å². The van der Waals surface area contributed by atoms with E-state index in [0.717, 1.165) is 48.1 Å². The average Bonchev–Trinajstić information content (AvgIpc) is 3.37. The zero-order valence-corrected chi connectivity index (χ0v) is 18.8. The Bertz CT molecular complexity index is 1080. The number of aliphatic imine (C=N–C) groups is 1. The Balaban J connectivity index is 1.45. The fraction of sp³-hybridized carbons (Fsp3) is 0.375. The first kappa shape index (κ1) is 21.8. The molecule has 4 rings (SSSR count). The molecule has 1 atom stereocenters. The average molecular weight is 436 g/mol. The Kier molecular flexibility index (Phi) is 6.68. The summed E-state index contributed by atoms with van der Waals surface area (Å²) in [6.45, 7) is 8.88. The number of halogens is 1. The maximum atomic E-state index is 14.1. The van der Waals surface area contributed by atoms with E-state index < -0.39 is 0 Å². The molecule has 168 valence electrons. The van der Waals surface area contributed by atoms with Crippen LogP contribution in [0.4, 0.5) is 10.2 Å². The minimum absolute atomic E-state index is 0.170. The molecule has 0 aliphatic carbocycles. The molecule has 1 saturated heterocycles. The molecule has 3 heterocycles. The molecule has 1 aromatic carbocycles. The number of hydrogen-bond acceptors (Lipinski definition) is 4. The van der Waals surface area contributed by atoms with Gasteiger partial charge in [0.2, 0.25) is 0 Å². The van der Waals surface area contributed by atoms with Gasteiger partial charge in [0.05, 0.1) is 17.9 Å². The van der Waals surface area contributed by atoms with E-state index in [0.29, 0.717) is 18.9 Å². The Labute approximate surface area is 188 Å². The van der Waals surface area contributed by atoms with Crippen molar-refractivity contribution in [3.8, 4) is 5.69 Å². The summed E-state index contributed by atoms with van der Waals surface area (Å²) in [7, 11) is 0. The maximum absolute atomic E-state index is 14.1. The van der Waals surface area contributed by atoms with Crippen molar-refractivity contribution in [1.29, 1.82) is 0 Å². The number of anilines is 1. The van der Waals surface area contributed by atoms with Gasteiger partial charge in [-0.1, -0.05) is 18.2 Å². The molecule has 0 bridgehead atoms. The molecule has 1 unspecified atom stereocenters. The summed E-state index contributed by atoms with van der Waals surface area (Å²) >= 11 is 0. The monoisotopic (exact) mass is 435 g/mol. The van der Waals surface area contributed by atoms with Gasteiger partial charge in [-0.15, -0.1) is 0 Å². The zero-order valence-electron chi connectivity index (χ0n) is 18.8. The number of nitrogens with zero attached hydrogens (tertiary/aromatic N) is 5. The van der Waals surface area contributed by atoms with E-state index in [-0.39, 0.29) is 11.9 Å². The number of benzene rings is 1. The SMILES string of the molecule is CCNC(=NCc1c(C)nn(-c2ccccc2)c1C)NC1CCN(c2ncccc2F)C1. The van der Waals surface area contributed by atoms with Crippen LogP contribution in [0.5, 0.6) is 0 Å². The summed E-state index contributed by atoms with van der Waals surface area (Å²) < 4.78 is 16.1. The Morgan fingerprint density at radius 3 is 2.75 bits per heavy atom. The van der Waals surface area contributed by atoms with Crippen molar-refractivity contribution in [2.45, 2.75) is 39.8 Å². The molecule has 0 radical (unpaired) electrons. The maximum Gasteiger partial charge on any atom is 0.191 e. The summed E-state index contributed by atoms with van der Waals surface area (Å²) in [4.78, 5) is 11.0. The standard InChI is InChI=1S/C24H30FN7/c1-4-26-24(29-19-12-14-31(16-19)23-22(25)11-8-13-27-23)28-15-21-17(2)30-32(18(21)3)20-9-6-5-7-10-20/h5-11,13,19H,4,12,14-16H2,1-3H3,(H2,26,28,29). The third-order valence-electron chi connectivity index (χ3n) is 5.75. The fourth-order valence-electron chi connectivity index (χ4n) is 4.08. The smallest absolute Gasteiger partial charge is 0.191 e. The highest BCUT2D eigenvalue weighted by Crippen LogP contribution is 2.21. The van der Waals surface area contributed by atoms with Crippen molar-refractivity contribution >= 4 is 11.8 Å². The first-order chi connectivity index (χ1) is 15.6. The van der Waals surface area contributed by atoms with Crippen LogP contribution in [-0.2, 0) is 6.54 Å². The second kappa shape index (κ2) is 9.80. The quantitative estimate of drug-likeness (QED) is 0.459. The lowest BCUT2D eigenvalue weighted by atomic mass is 10.2. The number of rotatable bonds is 6. The molecular formula is C24H30FN7. The zero-order chi connectivity index (χ0) is 22.5. The van der Waals surface area contributed by atoms with Crippen molar-refractivity contribution in [2.24, 2.45) is 4.99 Å². The lowest BCUT2D eigenvalue weighted by molar-refractivity contribution is 0.612. The van der Waals surface area contributed by atoms with Gasteiger partial charge in [0.15, 0.2) is 17.6 Å². The van der Waals surface area contributed by atoms with Gasteiger partial charge in [-0.3, -0.25) is 0 Å². The van der Waals surface area contributed by atoms with E-state index in [1.165, 1.54) is 6.07 Å². The van der Waals surface area contributed by atoms with Crippen molar-refractivity contribution in [1.82, 2.24) is 25.4 Å². The van der Waals surface area contributed by atoms with Crippen LogP contribution < -0.4 is 15.5 Å². The van der Waals surface area contributed by atoms with E-state index in [1.54, 1.807) is 12.3 Å². The molecular weight excluding hydrogens is 405 g/mol. The van der Waals surface area contributed by atoms with E-state index in [2.05, 4.69) is 22.5 Å². The number of hydrogen-bond donors (Lipinski definition) is 2. The molecule has 1 aliphatic rings. The summed E-state index contributed by atoms with van der Waals surface area (Å²) in [6.07, 6.45) is 2.52. The molecule has 1 fully saturated rings. The number of nitrogens with one attached hydrogen (secondary N) is 2. The van der Waals surface area contributed by atoms with E-state index >= 15 is 0 Å². The minimum Gasteiger partial charge on any atom is -0.357 e. The second-order valence-electron chi connectivity index (χ2n) is 7.98. The highest BCUT2D eigenvalue weighted by molar-refractivity contribution is 5.80. The van der Waals surface area contributed by atoms with Crippen LogP contribution in [0.15, 0.2) is 53.7 Å². The normalized spacial score (nSPS) is 16.4. The highest BCUT2D eigenvalue weighted by Gasteiger charge is 2.26.